The third-order valence-electron chi connectivity index (χ3n) is 1.63. The summed E-state index contributed by atoms with van der Waals surface area (Å²) in [5.41, 5.74) is 0.520. The zero-order valence-corrected chi connectivity index (χ0v) is 5.82. The predicted molar refractivity (Wildman–Crippen MR) is 34.1 cm³/mol. The molecular formula is C7H10F2O. The van der Waals surface area contributed by atoms with Crippen molar-refractivity contribution < 1.29 is 13.9 Å². The SMILES string of the molecule is CCC(F)(F)C(O)=C1CC1. The van der Waals surface area contributed by atoms with Crippen molar-refractivity contribution in [2.45, 2.75) is 32.1 Å². The lowest BCUT2D eigenvalue weighted by Crippen LogP contribution is -2.17. The van der Waals surface area contributed by atoms with Gasteiger partial charge in [-0.05, 0) is 18.4 Å². The minimum Gasteiger partial charge on any atom is -0.506 e. The molecule has 58 valence electrons. The molecule has 1 rings (SSSR count). The summed E-state index contributed by atoms with van der Waals surface area (Å²) in [7, 11) is 0. The van der Waals surface area contributed by atoms with E-state index in [0.717, 1.165) is 0 Å². The summed E-state index contributed by atoms with van der Waals surface area (Å²) in [4.78, 5) is 0. The van der Waals surface area contributed by atoms with Gasteiger partial charge in [-0.3, -0.25) is 0 Å². The van der Waals surface area contributed by atoms with Gasteiger partial charge in [0.2, 0.25) is 0 Å². The van der Waals surface area contributed by atoms with E-state index in [4.69, 9.17) is 5.11 Å². The molecule has 0 heterocycles. The van der Waals surface area contributed by atoms with E-state index in [1.165, 1.54) is 6.92 Å². The van der Waals surface area contributed by atoms with E-state index in [1.807, 2.05) is 0 Å². The molecule has 1 aliphatic rings. The molecule has 0 unspecified atom stereocenters. The van der Waals surface area contributed by atoms with Crippen LogP contribution in [-0.2, 0) is 0 Å². The second-order valence-electron chi connectivity index (χ2n) is 2.51. The Bertz CT molecular complexity index is 166. The van der Waals surface area contributed by atoms with Gasteiger partial charge in [0.15, 0.2) is 5.76 Å². The molecule has 0 aromatic heterocycles. The predicted octanol–water partition coefficient (Wildman–Crippen LogP) is 2.64. The number of allylic oxidation sites excluding steroid dienone is 2. The van der Waals surface area contributed by atoms with Crippen molar-refractivity contribution in [3.63, 3.8) is 0 Å². The Morgan fingerprint density at radius 3 is 2.40 bits per heavy atom. The van der Waals surface area contributed by atoms with Gasteiger partial charge in [-0.1, -0.05) is 6.92 Å². The van der Waals surface area contributed by atoms with Crippen molar-refractivity contribution in [2.75, 3.05) is 0 Å². The molecule has 0 amide bonds. The number of hydrogen-bond acceptors (Lipinski definition) is 1. The van der Waals surface area contributed by atoms with Gasteiger partial charge in [-0.15, -0.1) is 0 Å². The fourth-order valence-corrected chi connectivity index (χ4v) is 0.725. The van der Waals surface area contributed by atoms with Gasteiger partial charge in [0.1, 0.15) is 0 Å². The van der Waals surface area contributed by atoms with Crippen LogP contribution in [0.5, 0.6) is 0 Å². The van der Waals surface area contributed by atoms with Crippen LogP contribution in [0.4, 0.5) is 8.78 Å². The molecule has 1 aliphatic carbocycles. The number of alkyl halides is 2. The van der Waals surface area contributed by atoms with Gasteiger partial charge in [-0.2, -0.15) is 8.78 Å². The number of rotatable bonds is 2. The molecule has 0 aromatic carbocycles. The van der Waals surface area contributed by atoms with Crippen molar-refractivity contribution in [3.8, 4) is 0 Å². The lowest BCUT2D eigenvalue weighted by atomic mass is 10.2. The molecule has 0 radical (unpaired) electrons. The molecule has 0 spiro atoms. The molecule has 0 aliphatic heterocycles. The van der Waals surface area contributed by atoms with Gasteiger partial charge in [0.25, 0.3) is 0 Å². The zero-order chi connectivity index (χ0) is 7.78. The van der Waals surface area contributed by atoms with Crippen LogP contribution >= 0.6 is 0 Å². The quantitative estimate of drug-likeness (QED) is 0.597. The van der Waals surface area contributed by atoms with Crippen LogP contribution in [0.15, 0.2) is 11.3 Å². The van der Waals surface area contributed by atoms with Crippen molar-refractivity contribution >= 4 is 0 Å². The van der Waals surface area contributed by atoms with E-state index in [9.17, 15) is 8.78 Å². The number of aliphatic hydroxyl groups is 1. The smallest absolute Gasteiger partial charge is 0.303 e. The second kappa shape index (κ2) is 2.22. The second-order valence-corrected chi connectivity index (χ2v) is 2.51. The first-order valence-electron chi connectivity index (χ1n) is 3.37. The Kier molecular flexibility index (Phi) is 1.67. The maximum absolute atomic E-state index is 12.5. The molecule has 1 N–H and O–H groups in total. The maximum Gasteiger partial charge on any atom is 0.303 e. The highest BCUT2D eigenvalue weighted by Crippen LogP contribution is 2.38. The number of halogens is 2. The average Bonchev–Trinajstić information content (AvgIpc) is 2.68. The molecule has 3 heteroatoms. The van der Waals surface area contributed by atoms with Gasteiger partial charge >= 0.3 is 5.92 Å². The first kappa shape index (κ1) is 7.51. The standard InChI is InChI=1S/C7H10F2O/c1-2-7(8,9)6(10)5-3-4-5/h10H,2-4H2,1H3. The molecule has 0 bridgehead atoms. The monoisotopic (exact) mass is 148 g/mol. The van der Waals surface area contributed by atoms with E-state index in [-0.39, 0.29) is 6.42 Å². The Morgan fingerprint density at radius 2 is 2.10 bits per heavy atom. The molecule has 1 nitrogen and oxygen atoms in total. The summed E-state index contributed by atoms with van der Waals surface area (Å²) < 4.78 is 25.1. The van der Waals surface area contributed by atoms with Crippen molar-refractivity contribution in [1.82, 2.24) is 0 Å². The maximum atomic E-state index is 12.5. The van der Waals surface area contributed by atoms with Crippen LogP contribution in [0.25, 0.3) is 0 Å². The molecular weight excluding hydrogens is 138 g/mol. The number of hydrogen-bond donors (Lipinski definition) is 1. The van der Waals surface area contributed by atoms with Crippen LogP contribution in [0.3, 0.4) is 0 Å². The summed E-state index contributed by atoms with van der Waals surface area (Å²) >= 11 is 0. The fraction of sp³-hybridized carbons (Fsp3) is 0.714. The highest BCUT2D eigenvalue weighted by molar-refractivity contribution is 5.24. The van der Waals surface area contributed by atoms with Gasteiger partial charge in [0, 0.05) is 6.42 Å². The van der Waals surface area contributed by atoms with E-state index in [0.29, 0.717) is 18.4 Å². The normalized spacial score (nSPS) is 17.3. The third-order valence-corrected chi connectivity index (χ3v) is 1.63. The first-order chi connectivity index (χ1) is 4.58. The summed E-state index contributed by atoms with van der Waals surface area (Å²) in [6.45, 7) is 1.36. The Balaban J connectivity index is 2.72. The summed E-state index contributed by atoms with van der Waals surface area (Å²) in [6, 6.07) is 0. The van der Waals surface area contributed by atoms with Gasteiger partial charge in [0.05, 0.1) is 0 Å². The lowest BCUT2D eigenvalue weighted by molar-refractivity contribution is -0.00447. The van der Waals surface area contributed by atoms with E-state index < -0.39 is 11.7 Å². The molecule has 10 heavy (non-hydrogen) atoms. The van der Waals surface area contributed by atoms with Gasteiger partial charge in [-0.25, -0.2) is 0 Å². The van der Waals surface area contributed by atoms with Gasteiger partial charge < -0.3 is 5.11 Å². The largest absolute Gasteiger partial charge is 0.506 e. The molecule has 0 aromatic rings. The fourth-order valence-electron chi connectivity index (χ4n) is 0.725. The number of aliphatic hydroxyl groups excluding tert-OH is 1. The van der Waals surface area contributed by atoms with E-state index in [1.54, 1.807) is 0 Å². The molecule has 0 atom stereocenters. The minimum absolute atomic E-state index is 0.317. The highest BCUT2D eigenvalue weighted by Gasteiger charge is 2.37. The van der Waals surface area contributed by atoms with Crippen molar-refractivity contribution in [3.05, 3.63) is 11.3 Å². The summed E-state index contributed by atoms with van der Waals surface area (Å²) in [5.74, 6) is -3.67. The zero-order valence-electron chi connectivity index (χ0n) is 5.82. The van der Waals surface area contributed by atoms with Crippen LogP contribution in [0.1, 0.15) is 26.2 Å². The summed E-state index contributed by atoms with van der Waals surface area (Å²) in [5, 5.41) is 8.85. The van der Waals surface area contributed by atoms with Crippen molar-refractivity contribution in [1.29, 1.82) is 0 Å². The Labute approximate surface area is 58.4 Å². The Morgan fingerprint density at radius 1 is 1.60 bits per heavy atom. The lowest BCUT2D eigenvalue weighted by Gasteiger charge is -2.11. The first-order valence-corrected chi connectivity index (χ1v) is 3.37. The average molecular weight is 148 g/mol. The molecule has 1 saturated carbocycles. The van der Waals surface area contributed by atoms with Crippen LogP contribution in [0.2, 0.25) is 0 Å². The Hall–Kier alpha value is -0.600. The third kappa shape index (κ3) is 1.28. The van der Waals surface area contributed by atoms with E-state index >= 15 is 0 Å². The van der Waals surface area contributed by atoms with E-state index in [2.05, 4.69) is 0 Å². The van der Waals surface area contributed by atoms with Crippen molar-refractivity contribution in [2.24, 2.45) is 0 Å². The molecule has 0 saturated heterocycles. The summed E-state index contributed by atoms with van der Waals surface area (Å²) in [6.07, 6.45) is 0.963. The topological polar surface area (TPSA) is 20.2 Å². The van der Waals surface area contributed by atoms with Crippen LogP contribution in [0, 0.1) is 0 Å². The molecule has 1 fully saturated rings. The van der Waals surface area contributed by atoms with Crippen LogP contribution in [-0.4, -0.2) is 11.0 Å². The minimum atomic E-state index is -2.98. The highest BCUT2D eigenvalue weighted by atomic mass is 19.3. The van der Waals surface area contributed by atoms with Crippen LogP contribution < -0.4 is 0 Å².